The number of rotatable bonds is 7. The van der Waals surface area contributed by atoms with Gasteiger partial charge in [0.15, 0.2) is 11.5 Å². The highest BCUT2D eigenvalue weighted by Crippen LogP contribution is 2.51. The number of ether oxygens (including phenoxy) is 2. The highest BCUT2D eigenvalue weighted by Gasteiger charge is 2.39. The maximum atomic E-state index is 11.7. The predicted molar refractivity (Wildman–Crippen MR) is 138 cm³/mol. The number of fused-ring (bicyclic) bond motifs is 3. The van der Waals surface area contributed by atoms with E-state index in [0.717, 1.165) is 34.4 Å². The first-order valence-electron chi connectivity index (χ1n) is 11.9. The molecule has 6 heteroatoms. The molecule has 0 saturated carbocycles. The maximum absolute atomic E-state index is 11.7. The molecule has 0 fully saturated rings. The molecule has 2 N–H and O–H groups in total. The second-order valence-corrected chi connectivity index (χ2v) is 9.48. The van der Waals surface area contributed by atoms with E-state index in [1.807, 2.05) is 56.3 Å². The van der Waals surface area contributed by atoms with Gasteiger partial charge in [0.1, 0.15) is 6.61 Å². The van der Waals surface area contributed by atoms with Crippen molar-refractivity contribution in [1.82, 2.24) is 0 Å². The summed E-state index contributed by atoms with van der Waals surface area (Å²) in [6.45, 7) is 4.74. The normalized spacial score (nSPS) is 20.0. The molecule has 0 bridgehead atoms. The van der Waals surface area contributed by atoms with Crippen LogP contribution in [0, 0.1) is 12.8 Å². The van der Waals surface area contributed by atoms with Crippen LogP contribution in [0.2, 0.25) is 5.02 Å². The first-order chi connectivity index (χ1) is 17.0. The van der Waals surface area contributed by atoms with Crippen LogP contribution in [0.4, 0.5) is 5.69 Å². The lowest BCUT2D eigenvalue weighted by Gasteiger charge is -2.38. The smallest absolute Gasteiger partial charge is 0.336 e. The summed E-state index contributed by atoms with van der Waals surface area (Å²) in [6, 6.07) is 17.4. The van der Waals surface area contributed by atoms with E-state index in [2.05, 4.69) is 23.5 Å². The molecule has 2 aliphatic rings. The minimum atomic E-state index is -0.910. The Labute approximate surface area is 210 Å². The van der Waals surface area contributed by atoms with E-state index >= 15 is 0 Å². The van der Waals surface area contributed by atoms with Crippen LogP contribution in [0.1, 0.15) is 57.9 Å². The van der Waals surface area contributed by atoms with Gasteiger partial charge in [-0.3, -0.25) is 0 Å². The van der Waals surface area contributed by atoms with Crippen molar-refractivity contribution in [2.45, 2.75) is 38.8 Å². The molecule has 3 aromatic rings. The lowest BCUT2D eigenvalue weighted by atomic mass is 9.76. The minimum Gasteiger partial charge on any atom is -0.490 e. The number of carboxylic acid groups (broad SMARTS) is 1. The van der Waals surface area contributed by atoms with Gasteiger partial charge in [0.25, 0.3) is 0 Å². The van der Waals surface area contributed by atoms with Crippen LogP contribution in [0.5, 0.6) is 11.5 Å². The summed E-state index contributed by atoms with van der Waals surface area (Å²) in [4.78, 5) is 11.7. The van der Waals surface area contributed by atoms with Crippen LogP contribution in [-0.2, 0) is 6.61 Å². The fraction of sp³-hybridized carbons (Fsp3) is 0.276. The number of nitrogens with one attached hydrogen (secondary N) is 1. The summed E-state index contributed by atoms with van der Waals surface area (Å²) in [6.07, 6.45) is 5.44. The van der Waals surface area contributed by atoms with E-state index in [-0.39, 0.29) is 12.0 Å². The van der Waals surface area contributed by atoms with E-state index in [9.17, 15) is 9.90 Å². The molecule has 1 aliphatic heterocycles. The zero-order chi connectivity index (χ0) is 24.5. The molecule has 5 rings (SSSR count). The third-order valence-corrected chi connectivity index (χ3v) is 7.17. The largest absolute Gasteiger partial charge is 0.490 e. The topological polar surface area (TPSA) is 67.8 Å². The van der Waals surface area contributed by atoms with Crippen molar-refractivity contribution < 1.29 is 19.4 Å². The Morgan fingerprint density at radius 2 is 1.97 bits per heavy atom. The Bertz CT molecular complexity index is 1300. The van der Waals surface area contributed by atoms with E-state index in [4.69, 9.17) is 21.1 Å². The van der Waals surface area contributed by atoms with Gasteiger partial charge < -0.3 is 19.9 Å². The molecule has 0 amide bonds. The van der Waals surface area contributed by atoms with Crippen LogP contribution in [-0.4, -0.2) is 17.7 Å². The molecule has 180 valence electrons. The number of carbonyl (C=O) groups is 1. The summed E-state index contributed by atoms with van der Waals surface area (Å²) in [5, 5.41) is 14.0. The Morgan fingerprint density at radius 1 is 1.11 bits per heavy atom. The minimum absolute atomic E-state index is 0.0198. The highest BCUT2D eigenvalue weighted by molar-refractivity contribution is 6.30. The SMILES string of the molecule is CCOc1cc([C@@H]2Nc3c(ccc(C(=O)O)c3C)[C@@H]3C=CC[C@@H]32)ccc1OCc1cccc(Cl)c1. The molecule has 0 aromatic heterocycles. The summed E-state index contributed by atoms with van der Waals surface area (Å²) >= 11 is 6.11. The zero-order valence-corrected chi connectivity index (χ0v) is 20.5. The van der Waals surface area contributed by atoms with Crippen molar-refractivity contribution >= 4 is 23.3 Å². The monoisotopic (exact) mass is 489 g/mol. The number of hydrogen-bond acceptors (Lipinski definition) is 4. The molecule has 35 heavy (non-hydrogen) atoms. The predicted octanol–water partition coefficient (Wildman–Crippen LogP) is 7.15. The molecule has 0 radical (unpaired) electrons. The second kappa shape index (κ2) is 9.67. The van der Waals surface area contributed by atoms with Crippen LogP contribution in [0.25, 0.3) is 0 Å². The van der Waals surface area contributed by atoms with Crippen molar-refractivity contribution in [1.29, 1.82) is 0 Å². The van der Waals surface area contributed by atoms with E-state index in [1.54, 1.807) is 6.07 Å². The Balaban J connectivity index is 1.47. The van der Waals surface area contributed by atoms with Gasteiger partial charge in [-0.1, -0.05) is 48.0 Å². The van der Waals surface area contributed by atoms with Gasteiger partial charge in [-0.15, -0.1) is 0 Å². The Hall–Kier alpha value is -3.44. The first kappa shape index (κ1) is 23.3. The first-order valence-corrected chi connectivity index (χ1v) is 12.3. The molecule has 3 atom stereocenters. The number of benzene rings is 3. The number of hydrogen-bond donors (Lipinski definition) is 2. The fourth-order valence-corrected chi connectivity index (χ4v) is 5.48. The van der Waals surface area contributed by atoms with Gasteiger partial charge in [-0.05, 0) is 78.8 Å². The fourth-order valence-electron chi connectivity index (χ4n) is 5.27. The third-order valence-electron chi connectivity index (χ3n) is 6.94. The standard InChI is InChI=1S/C29H28ClNO4/c1-3-34-26-15-19(10-13-25(26)35-16-18-6-4-7-20(30)14-18)28-23-9-5-8-22(23)24-12-11-21(29(32)33)17(2)27(24)31-28/h4-8,10-15,22-23,28,31H,3,9,16H2,1-2H3,(H,32,33)/t22-,23+,28+/m1/s1. The van der Waals surface area contributed by atoms with E-state index < -0.39 is 5.97 Å². The van der Waals surface area contributed by atoms with Gasteiger partial charge in [0, 0.05) is 16.6 Å². The lowest BCUT2D eigenvalue weighted by Crippen LogP contribution is -2.30. The second-order valence-electron chi connectivity index (χ2n) is 9.04. The van der Waals surface area contributed by atoms with Gasteiger partial charge in [-0.2, -0.15) is 0 Å². The Morgan fingerprint density at radius 3 is 2.74 bits per heavy atom. The van der Waals surface area contributed by atoms with Crippen LogP contribution < -0.4 is 14.8 Å². The van der Waals surface area contributed by atoms with Crippen molar-refractivity contribution in [3.63, 3.8) is 0 Å². The molecule has 5 nitrogen and oxygen atoms in total. The third kappa shape index (κ3) is 4.48. The quantitative estimate of drug-likeness (QED) is 0.345. The average molecular weight is 490 g/mol. The average Bonchev–Trinajstić information content (AvgIpc) is 3.33. The summed E-state index contributed by atoms with van der Waals surface area (Å²) in [7, 11) is 0. The van der Waals surface area contributed by atoms with Crippen molar-refractivity contribution in [2.75, 3.05) is 11.9 Å². The summed E-state index contributed by atoms with van der Waals surface area (Å²) < 4.78 is 12.1. The van der Waals surface area contributed by atoms with Crippen molar-refractivity contribution in [3.05, 3.63) is 99.6 Å². The van der Waals surface area contributed by atoms with Gasteiger partial charge in [0.05, 0.1) is 18.2 Å². The lowest BCUT2D eigenvalue weighted by molar-refractivity contribution is 0.0696. The molecule has 0 spiro atoms. The number of allylic oxidation sites excluding steroid dienone is 2. The molecule has 3 aromatic carbocycles. The van der Waals surface area contributed by atoms with Crippen LogP contribution >= 0.6 is 11.6 Å². The molecular formula is C29H28ClNO4. The number of halogens is 1. The van der Waals surface area contributed by atoms with Crippen molar-refractivity contribution in [3.8, 4) is 11.5 Å². The van der Waals surface area contributed by atoms with E-state index in [0.29, 0.717) is 41.2 Å². The number of anilines is 1. The molecule has 0 saturated heterocycles. The van der Waals surface area contributed by atoms with Crippen LogP contribution in [0.3, 0.4) is 0 Å². The highest BCUT2D eigenvalue weighted by atomic mass is 35.5. The number of aromatic carboxylic acids is 1. The maximum Gasteiger partial charge on any atom is 0.336 e. The van der Waals surface area contributed by atoms with Crippen molar-refractivity contribution in [2.24, 2.45) is 5.92 Å². The summed E-state index contributed by atoms with van der Waals surface area (Å²) in [5.41, 5.74) is 5.25. The molecule has 0 unspecified atom stereocenters. The molecule has 1 aliphatic carbocycles. The Kier molecular flexibility index (Phi) is 6.44. The number of carboxylic acids is 1. The van der Waals surface area contributed by atoms with Gasteiger partial charge in [0.2, 0.25) is 0 Å². The van der Waals surface area contributed by atoms with Gasteiger partial charge in [-0.25, -0.2) is 4.79 Å². The summed E-state index contributed by atoms with van der Waals surface area (Å²) in [5.74, 6) is 1.04. The van der Waals surface area contributed by atoms with Crippen LogP contribution in [0.15, 0.2) is 66.7 Å². The zero-order valence-electron chi connectivity index (χ0n) is 19.8. The van der Waals surface area contributed by atoms with E-state index in [1.165, 1.54) is 0 Å². The molecule has 1 heterocycles. The molecular weight excluding hydrogens is 462 g/mol. The van der Waals surface area contributed by atoms with Gasteiger partial charge >= 0.3 is 5.97 Å².